The van der Waals surface area contributed by atoms with Gasteiger partial charge in [-0.15, -0.1) is 0 Å². The highest BCUT2D eigenvalue weighted by Crippen LogP contribution is 2.16. The Bertz CT molecular complexity index is 353. The number of anilines is 1. The maximum absolute atomic E-state index is 11.4. The molecule has 0 N–H and O–H groups in total. The molecule has 1 aromatic heterocycles. The summed E-state index contributed by atoms with van der Waals surface area (Å²) in [6.07, 6.45) is 2.62. The van der Waals surface area contributed by atoms with Gasteiger partial charge in [0, 0.05) is 33.5 Å². The SMILES string of the molecule is COCCCN(C)c1ncccc1C(C)=O. The Morgan fingerprint density at radius 3 is 2.94 bits per heavy atom. The molecule has 0 radical (unpaired) electrons. The summed E-state index contributed by atoms with van der Waals surface area (Å²) in [7, 11) is 3.62. The van der Waals surface area contributed by atoms with Crippen LogP contribution in [0.5, 0.6) is 0 Å². The first kappa shape index (κ1) is 12.6. The molecule has 0 aliphatic carbocycles. The van der Waals surface area contributed by atoms with Crippen LogP contribution < -0.4 is 4.90 Å². The quantitative estimate of drug-likeness (QED) is 0.543. The molecule has 1 aromatic rings. The number of hydrogen-bond donors (Lipinski definition) is 0. The third kappa shape index (κ3) is 3.31. The fourth-order valence-electron chi connectivity index (χ4n) is 1.53. The number of hydrogen-bond acceptors (Lipinski definition) is 4. The molecule has 0 aliphatic rings. The summed E-state index contributed by atoms with van der Waals surface area (Å²) in [5.41, 5.74) is 0.669. The molecule has 0 atom stereocenters. The average Bonchev–Trinajstić information content (AvgIpc) is 2.29. The number of aromatic nitrogens is 1. The minimum atomic E-state index is 0.0432. The van der Waals surface area contributed by atoms with Gasteiger partial charge in [0.05, 0.1) is 5.56 Å². The van der Waals surface area contributed by atoms with Crippen molar-refractivity contribution in [3.05, 3.63) is 23.9 Å². The zero-order chi connectivity index (χ0) is 12.0. The predicted octanol–water partition coefficient (Wildman–Crippen LogP) is 1.76. The van der Waals surface area contributed by atoms with E-state index in [1.165, 1.54) is 0 Å². The second kappa shape index (κ2) is 6.23. The maximum Gasteiger partial charge on any atom is 0.163 e. The van der Waals surface area contributed by atoms with Crippen LogP contribution in [0.3, 0.4) is 0 Å². The second-order valence-corrected chi connectivity index (χ2v) is 3.70. The first-order chi connectivity index (χ1) is 7.66. The standard InChI is InChI=1S/C12H18N2O2/c1-10(15)11-6-4-7-13-12(11)14(2)8-5-9-16-3/h4,6-7H,5,8-9H2,1-3H3. The summed E-state index contributed by atoms with van der Waals surface area (Å²) in [6, 6.07) is 3.58. The van der Waals surface area contributed by atoms with Gasteiger partial charge < -0.3 is 9.64 Å². The lowest BCUT2D eigenvalue weighted by Gasteiger charge is -2.19. The first-order valence-electron chi connectivity index (χ1n) is 5.33. The molecule has 0 aliphatic heterocycles. The van der Waals surface area contributed by atoms with Crippen LogP contribution >= 0.6 is 0 Å². The van der Waals surface area contributed by atoms with Crippen molar-refractivity contribution in [2.75, 3.05) is 32.2 Å². The summed E-state index contributed by atoms with van der Waals surface area (Å²) < 4.78 is 4.99. The van der Waals surface area contributed by atoms with Crippen LogP contribution in [-0.4, -0.2) is 38.1 Å². The van der Waals surface area contributed by atoms with E-state index in [0.717, 1.165) is 18.8 Å². The Labute approximate surface area is 96.2 Å². The molecule has 88 valence electrons. The molecule has 4 heteroatoms. The Kier molecular flexibility index (Phi) is 4.92. The monoisotopic (exact) mass is 222 g/mol. The maximum atomic E-state index is 11.4. The number of nitrogens with zero attached hydrogens (tertiary/aromatic N) is 2. The molecule has 0 saturated heterocycles. The van der Waals surface area contributed by atoms with E-state index in [2.05, 4.69) is 4.98 Å². The van der Waals surface area contributed by atoms with E-state index in [-0.39, 0.29) is 5.78 Å². The summed E-state index contributed by atoms with van der Waals surface area (Å²) in [6.45, 7) is 3.10. The van der Waals surface area contributed by atoms with Gasteiger partial charge in [-0.2, -0.15) is 0 Å². The Morgan fingerprint density at radius 1 is 1.56 bits per heavy atom. The lowest BCUT2D eigenvalue weighted by atomic mass is 10.2. The highest BCUT2D eigenvalue weighted by atomic mass is 16.5. The number of ether oxygens (including phenoxy) is 1. The van der Waals surface area contributed by atoms with Crippen molar-refractivity contribution in [1.29, 1.82) is 0 Å². The lowest BCUT2D eigenvalue weighted by Crippen LogP contribution is -2.23. The van der Waals surface area contributed by atoms with Gasteiger partial charge >= 0.3 is 0 Å². The summed E-state index contributed by atoms with van der Waals surface area (Å²) in [4.78, 5) is 17.6. The van der Waals surface area contributed by atoms with Crippen LogP contribution in [-0.2, 0) is 4.74 Å². The molecule has 0 saturated carbocycles. The fourth-order valence-corrected chi connectivity index (χ4v) is 1.53. The van der Waals surface area contributed by atoms with Crippen molar-refractivity contribution >= 4 is 11.6 Å². The highest BCUT2D eigenvalue weighted by Gasteiger charge is 2.11. The Hall–Kier alpha value is -1.42. The molecule has 0 amide bonds. The molecule has 0 spiro atoms. The largest absolute Gasteiger partial charge is 0.385 e. The number of Topliss-reactive ketones (excluding diaryl/α,β-unsaturated/α-hetero) is 1. The summed E-state index contributed by atoms with van der Waals surface area (Å²) in [5, 5.41) is 0. The smallest absolute Gasteiger partial charge is 0.163 e. The molecular formula is C12H18N2O2. The van der Waals surface area contributed by atoms with E-state index in [4.69, 9.17) is 4.74 Å². The fraction of sp³-hybridized carbons (Fsp3) is 0.500. The minimum Gasteiger partial charge on any atom is -0.385 e. The van der Waals surface area contributed by atoms with Gasteiger partial charge in [-0.3, -0.25) is 4.79 Å². The van der Waals surface area contributed by atoms with Gasteiger partial charge in [0.15, 0.2) is 5.78 Å². The van der Waals surface area contributed by atoms with Gasteiger partial charge in [-0.1, -0.05) is 0 Å². The topological polar surface area (TPSA) is 42.4 Å². The van der Waals surface area contributed by atoms with Crippen molar-refractivity contribution in [2.24, 2.45) is 0 Å². The number of pyridine rings is 1. The molecule has 0 aromatic carbocycles. The third-order valence-electron chi connectivity index (χ3n) is 2.37. The number of carbonyl (C=O) groups excluding carboxylic acids is 1. The third-order valence-corrected chi connectivity index (χ3v) is 2.37. The summed E-state index contributed by atoms with van der Waals surface area (Å²) in [5.74, 6) is 0.785. The normalized spacial score (nSPS) is 10.2. The first-order valence-corrected chi connectivity index (χ1v) is 5.33. The van der Waals surface area contributed by atoms with E-state index in [0.29, 0.717) is 12.2 Å². The van der Waals surface area contributed by atoms with Crippen molar-refractivity contribution in [3.63, 3.8) is 0 Å². The van der Waals surface area contributed by atoms with Gasteiger partial charge in [0.1, 0.15) is 5.82 Å². The number of methoxy groups -OCH3 is 1. The molecule has 1 rings (SSSR count). The van der Waals surface area contributed by atoms with Crippen LogP contribution in [0, 0.1) is 0 Å². The molecule has 0 bridgehead atoms. The lowest BCUT2D eigenvalue weighted by molar-refractivity contribution is 0.101. The number of rotatable bonds is 6. The number of carbonyl (C=O) groups is 1. The van der Waals surface area contributed by atoms with Crippen molar-refractivity contribution < 1.29 is 9.53 Å². The van der Waals surface area contributed by atoms with E-state index < -0.39 is 0 Å². The van der Waals surface area contributed by atoms with Crippen molar-refractivity contribution in [2.45, 2.75) is 13.3 Å². The van der Waals surface area contributed by atoms with Gasteiger partial charge in [0.2, 0.25) is 0 Å². The zero-order valence-electron chi connectivity index (χ0n) is 10.1. The van der Waals surface area contributed by atoms with Gasteiger partial charge in [0.25, 0.3) is 0 Å². The minimum absolute atomic E-state index is 0.0432. The zero-order valence-corrected chi connectivity index (χ0v) is 10.1. The van der Waals surface area contributed by atoms with Crippen LogP contribution in [0.2, 0.25) is 0 Å². The molecule has 0 unspecified atom stereocenters. The molecule has 16 heavy (non-hydrogen) atoms. The Balaban J connectivity index is 2.74. The second-order valence-electron chi connectivity index (χ2n) is 3.70. The van der Waals surface area contributed by atoms with E-state index in [9.17, 15) is 4.79 Å². The molecule has 0 fully saturated rings. The van der Waals surface area contributed by atoms with E-state index in [1.54, 1.807) is 32.4 Å². The summed E-state index contributed by atoms with van der Waals surface area (Å²) >= 11 is 0. The van der Waals surface area contributed by atoms with E-state index in [1.807, 2.05) is 11.9 Å². The van der Waals surface area contributed by atoms with Crippen LogP contribution in [0.25, 0.3) is 0 Å². The van der Waals surface area contributed by atoms with Crippen molar-refractivity contribution in [3.8, 4) is 0 Å². The predicted molar refractivity (Wildman–Crippen MR) is 64.0 cm³/mol. The highest BCUT2D eigenvalue weighted by molar-refractivity contribution is 5.98. The van der Waals surface area contributed by atoms with Crippen LogP contribution in [0.15, 0.2) is 18.3 Å². The average molecular weight is 222 g/mol. The van der Waals surface area contributed by atoms with Gasteiger partial charge in [-0.05, 0) is 25.5 Å². The molecular weight excluding hydrogens is 204 g/mol. The molecule has 1 heterocycles. The van der Waals surface area contributed by atoms with Crippen LogP contribution in [0.4, 0.5) is 5.82 Å². The Morgan fingerprint density at radius 2 is 2.31 bits per heavy atom. The van der Waals surface area contributed by atoms with Crippen LogP contribution in [0.1, 0.15) is 23.7 Å². The van der Waals surface area contributed by atoms with Crippen molar-refractivity contribution in [1.82, 2.24) is 4.98 Å². The van der Waals surface area contributed by atoms with E-state index >= 15 is 0 Å². The van der Waals surface area contributed by atoms with Gasteiger partial charge in [-0.25, -0.2) is 4.98 Å². The number of ketones is 1. The molecule has 4 nitrogen and oxygen atoms in total.